The molecule has 0 aromatic heterocycles. The number of carbonyl (C=O) groups excluding carboxylic acids is 1. The van der Waals surface area contributed by atoms with Crippen LogP contribution in [0.5, 0.6) is 0 Å². The Kier molecular flexibility index (Phi) is 5.18. The number of rotatable bonds is 6. The summed E-state index contributed by atoms with van der Waals surface area (Å²) in [5.41, 5.74) is -0.208. The van der Waals surface area contributed by atoms with Gasteiger partial charge in [0.15, 0.2) is 0 Å². The maximum atomic E-state index is 11.9. The number of amides is 2. The maximum Gasteiger partial charge on any atom is 0.315 e. The lowest BCUT2D eigenvalue weighted by molar-refractivity contribution is -0.141. The first-order chi connectivity index (χ1) is 9.53. The van der Waals surface area contributed by atoms with Crippen LogP contribution in [0.4, 0.5) is 4.79 Å². The summed E-state index contributed by atoms with van der Waals surface area (Å²) in [5.74, 6) is -0.773. The van der Waals surface area contributed by atoms with Crippen molar-refractivity contribution < 1.29 is 14.7 Å². The average molecular weight is 300 g/mol. The van der Waals surface area contributed by atoms with Gasteiger partial charge in [-0.1, -0.05) is 6.42 Å². The van der Waals surface area contributed by atoms with Gasteiger partial charge in [0, 0.05) is 17.8 Å². The van der Waals surface area contributed by atoms with E-state index in [1.54, 1.807) is 0 Å². The van der Waals surface area contributed by atoms with Gasteiger partial charge >= 0.3 is 12.0 Å². The summed E-state index contributed by atoms with van der Waals surface area (Å²) in [4.78, 5) is 22.8. The molecule has 0 aromatic carbocycles. The minimum absolute atomic E-state index is 0.145. The number of carbonyl (C=O) groups is 2. The summed E-state index contributed by atoms with van der Waals surface area (Å²) < 4.78 is 0. The van der Waals surface area contributed by atoms with Gasteiger partial charge in [-0.3, -0.25) is 4.79 Å². The molecule has 2 atom stereocenters. The van der Waals surface area contributed by atoms with Crippen molar-refractivity contribution in [2.45, 2.75) is 56.2 Å². The van der Waals surface area contributed by atoms with E-state index in [0.717, 1.165) is 38.5 Å². The molecule has 0 spiro atoms. The van der Waals surface area contributed by atoms with Crippen molar-refractivity contribution in [2.24, 2.45) is 5.41 Å². The number of thioether (sulfide) groups is 1. The van der Waals surface area contributed by atoms with Crippen LogP contribution < -0.4 is 10.6 Å². The number of nitrogens with one attached hydrogen (secondary N) is 2. The van der Waals surface area contributed by atoms with Crippen molar-refractivity contribution in [3.63, 3.8) is 0 Å². The lowest BCUT2D eigenvalue weighted by atomic mass is 9.66. The molecule has 3 N–H and O–H groups in total. The first kappa shape index (κ1) is 15.5. The Bertz CT molecular complexity index is 371. The Hall–Kier alpha value is -0.910. The van der Waals surface area contributed by atoms with Gasteiger partial charge in [-0.2, -0.15) is 11.8 Å². The Balaban J connectivity index is 1.71. The molecule has 5 nitrogen and oxygen atoms in total. The zero-order valence-electron chi connectivity index (χ0n) is 12.0. The molecule has 6 heteroatoms. The van der Waals surface area contributed by atoms with Gasteiger partial charge in [0.05, 0.1) is 6.42 Å². The lowest BCUT2D eigenvalue weighted by Gasteiger charge is -2.40. The number of hydrogen-bond donors (Lipinski definition) is 3. The number of carboxylic acids is 1. The van der Waals surface area contributed by atoms with Crippen molar-refractivity contribution >= 4 is 23.8 Å². The minimum Gasteiger partial charge on any atom is -0.481 e. The van der Waals surface area contributed by atoms with Gasteiger partial charge in [0.2, 0.25) is 0 Å². The molecular weight excluding hydrogens is 276 g/mol. The molecule has 114 valence electrons. The van der Waals surface area contributed by atoms with Gasteiger partial charge in [-0.25, -0.2) is 4.79 Å². The largest absolute Gasteiger partial charge is 0.481 e. The molecule has 0 heterocycles. The Labute approximate surface area is 124 Å². The Morgan fingerprint density at radius 1 is 1.35 bits per heavy atom. The predicted molar refractivity (Wildman–Crippen MR) is 80.0 cm³/mol. The van der Waals surface area contributed by atoms with E-state index in [-0.39, 0.29) is 23.9 Å². The van der Waals surface area contributed by atoms with Crippen LogP contribution in [-0.4, -0.2) is 41.2 Å². The van der Waals surface area contributed by atoms with Crippen LogP contribution in [-0.2, 0) is 4.79 Å². The van der Waals surface area contributed by atoms with Crippen LogP contribution in [0.25, 0.3) is 0 Å². The third-order valence-corrected chi connectivity index (χ3v) is 5.71. The van der Waals surface area contributed by atoms with E-state index in [9.17, 15) is 9.59 Å². The molecule has 2 fully saturated rings. The van der Waals surface area contributed by atoms with Gasteiger partial charge in [-0.15, -0.1) is 0 Å². The van der Waals surface area contributed by atoms with Crippen LogP contribution >= 0.6 is 11.8 Å². The van der Waals surface area contributed by atoms with E-state index in [1.165, 1.54) is 0 Å². The van der Waals surface area contributed by atoms with Crippen LogP contribution in [0.15, 0.2) is 0 Å². The van der Waals surface area contributed by atoms with E-state index in [4.69, 9.17) is 5.11 Å². The lowest BCUT2D eigenvalue weighted by Crippen LogP contribution is -2.48. The van der Waals surface area contributed by atoms with E-state index in [0.29, 0.717) is 11.8 Å². The van der Waals surface area contributed by atoms with E-state index in [2.05, 4.69) is 16.9 Å². The molecule has 0 aliphatic heterocycles. The highest BCUT2D eigenvalue weighted by molar-refractivity contribution is 7.99. The molecule has 0 saturated heterocycles. The molecule has 0 bridgehead atoms. The van der Waals surface area contributed by atoms with E-state index < -0.39 is 5.97 Å². The Morgan fingerprint density at radius 2 is 2.10 bits per heavy atom. The summed E-state index contributed by atoms with van der Waals surface area (Å²) in [6.45, 7) is 0.476. The SMILES string of the molecule is CSC1CCC(NC(=O)NCC2(CC(=O)O)CCC2)C1. The highest BCUT2D eigenvalue weighted by Gasteiger charge is 2.39. The first-order valence-electron chi connectivity index (χ1n) is 7.32. The van der Waals surface area contributed by atoms with E-state index in [1.807, 2.05) is 11.8 Å². The Morgan fingerprint density at radius 3 is 2.60 bits per heavy atom. The fraction of sp³-hybridized carbons (Fsp3) is 0.857. The fourth-order valence-corrected chi connectivity index (χ4v) is 4.00. The maximum absolute atomic E-state index is 11.9. The van der Waals surface area contributed by atoms with Crippen molar-refractivity contribution in [1.29, 1.82) is 0 Å². The molecule has 2 unspecified atom stereocenters. The highest BCUT2D eigenvalue weighted by Crippen LogP contribution is 2.43. The quantitative estimate of drug-likeness (QED) is 0.703. The third-order valence-electron chi connectivity index (χ3n) is 4.62. The molecule has 0 radical (unpaired) electrons. The first-order valence-corrected chi connectivity index (χ1v) is 8.61. The second-order valence-electron chi connectivity index (χ2n) is 6.12. The molecule has 2 amide bonds. The molecule has 2 saturated carbocycles. The van der Waals surface area contributed by atoms with Crippen LogP contribution in [0.1, 0.15) is 44.9 Å². The number of carboxylic acid groups (broad SMARTS) is 1. The van der Waals surface area contributed by atoms with Gasteiger partial charge in [0.1, 0.15) is 0 Å². The van der Waals surface area contributed by atoms with Crippen LogP contribution in [0.3, 0.4) is 0 Å². The summed E-state index contributed by atoms with van der Waals surface area (Å²) >= 11 is 1.86. The fourth-order valence-electron chi connectivity index (χ4n) is 3.20. The zero-order valence-corrected chi connectivity index (χ0v) is 12.8. The molecule has 0 aromatic rings. The normalized spacial score (nSPS) is 27.6. The number of aliphatic carboxylic acids is 1. The number of hydrogen-bond acceptors (Lipinski definition) is 3. The van der Waals surface area contributed by atoms with Crippen molar-refractivity contribution in [1.82, 2.24) is 10.6 Å². The minimum atomic E-state index is -0.773. The van der Waals surface area contributed by atoms with Crippen molar-refractivity contribution in [2.75, 3.05) is 12.8 Å². The summed E-state index contributed by atoms with van der Waals surface area (Å²) in [5, 5.41) is 15.5. The van der Waals surface area contributed by atoms with Crippen molar-refractivity contribution in [3.8, 4) is 0 Å². The van der Waals surface area contributed by atoms with Gasteiger partial charge in [-0.05, 0) is 43.8 Å². The van der Waals surface area contributed by atoms with Gasteiger partial charge in [0.25, 0.3) is 0 Å². The summed E-state index contributed by atoms with van der Waals surface area (Å²) in [7, 11) is 0. The van der Waals surface area contributed by atoms with Gasteiger partial charge < -0.3 is 15.7 Å². The van der Waals surface area contributed by atoms with Crippen LogP contribution in [0.2, 0.25) is 0 Å². The predicted octanol–water partition coefficient (Wildman–Crippen LogP) is 2.21. The van der Waals surface area contributed by atoms with Crippen molar-refractivity contribution in [3.05, 3.63) is 0 Å². The number of urea groups is 1. The molecule has 2 aliphatic rings. The molecule has 2 rings (SSSR count). The molecular formula is C14H24N2O3S. The zero-order chi connectivity index (χ0) is 14.6. The molecule has 20 heavy (non-hydrogen) atoms. The molecule has 2 aliphatic carbocycles. The smallest absolute Gasteiger partial charge is 0.315 e. The van der Waals surface area contributed by atoms with E-state index >= 15 is 0 Å². The topological polar surface area (TPSA) is 78.4 Å². The third kappa shape index (κ3) is 4.04. The monoisotopic (exact) mass is 300 g/mol. The average Bonchev–Trinajstić information content (AvgIpc) is 2.79. The van der Waals surface area contributed by atoms with Crippen LogP contribution in [0, 0.1) is 5.41 Å². The summed E-state index contributed by atoms with van der Waals surface area (Å²) in [6.07, 6.45) is 8.37. The highest BCUT2D eigenvalue weighted by atomic mass is 32.2. The second kappa shape index (κ2) is 6.70. The standard InChI is InChI=1S/C14H24N2O3S/c1-20-11-4-3-10(7-11)16-13(19)15-9-14(5-2-6-14)8-12(17)18/h10-11H,2-9H2,1H3,(H,17,18)(H2,15,16,19). The second-order valence-corrected chi connectivity index (χ2v) is 7.26. The summed E-state index contributed by atoms with van der Waals surface area (Å²) in [6, 6.07) is 0.123.